The average molecular weight is 231 g/mol. The van der Waals surface area contributed by atoms with Crippen molar-refractivity contribution in [1.82, 2.24) is 9.97 Å². The summed E-state index contributed by atoms with van der Waals surface area (Å²) >= 11 is 0. The number of carbonyl (C=O) groups excluding carboxylic acids is 1. The van der Waals surface area contributed by atoms with Gasteiger partial charge in [0.2, 0.25) is 0 Å². The van der Waals surface area contributed by atoms with Crippen LogP contribution in [-0.4, -0.2) is 22.5 Å². The van der Waals surface area contributed by atoms with Gasteiger partial charge in [-0.2, -0.15) is 0 Å². The van der Waals surface area contributed by atoms with Crippen LogP contribution in [-0.2, 0) is 4.74 Å². The predicted molar refractivity (Wildman–Crippen MR) is 64.4 cm³/mol. The Morgan fingerprint density at radius 2 is 2.18 bits per heavy atom. The number of nitrogens with two attached hydrogens (primary N) is 1. The summed E-state index contributed by atoms with van der Waals surface area (Å²) in [5, 5.41) is 0. The maximum atomic E-state index is 11.6. The third-order valence-electron chi connectivity index (χ3n) is 2.33. The molecule has 5 nitrogen and oxygen atoms in total. The van der Waals surface area contributed by atoms with Gasteiger partial charge in [0, 0.05) is 23.7 Å². The molecule has 0 fully saturated rings. The van der Waals surface area contributed by atoms with Crippen molar-refractivity contribution in [3.63, 3.8) is 0 Å². The summed E-state index contributed by atoms with van der Waals surface area (Å²) in [7, 11) is 0. The Morgan fingerprint density at radius 3 is 2.82 bits per heavy atom. The number of carbonyl (C=O) groups is 1. The Hall–Kier alpha value is -2.30. The van der Waals surface area contributed by atoms with Gasteiger partial charge >= 0.3 is 5.97 Å². The van der Waals surface area contributed by atoms with Gasteiger partial charge in [0.1, 0.15) is 11.4 Å². The third kappa shape index (κ3) is 2.28. The molecule has 88 valence electrons. The molecule has 0 aromatic carbocycles. The summed E-state index contributed by atoms with van der Waals surface area (Å²) in [5.41, 5.74) is 7.79. The molecule has 0 unspecified atom stereocenters. The largest absolute Gasteiger partial charge is 0.462 e. The molecule has 0 radical (unpaired) electrons. The quantitative estimate of drug-likeness (QED) is 0.790. The van der Waals surface area contributed by atoms with Crippen molar-refractivity contribution in [2.75, 3.05) is 12.3 Å². The summed E-state index contributed by atoms with van der Waals surface area (Å²) in [4.78, 5) is 18.5. The molecule has 0 atom stereocenters. The molecule has 0 saturated heterocycles. The summed E-state index contributed by atoms with van der Waals surface area (Å²) in [6.07, 6.45) is 3.35. The molecule has 0 amide bonds. The monoisotopic (exact) mass is 231 g/mol. The number of H-pyrrole nitrogens is 1. The first-order chi connectivity index (χ1) is 8.22. The number of hydrogen-bond donors (Lipinski definition) is 2. The molecule has 0 bridgehead atoms. The molecule has 2 aromatic rings. The number of rotatable bonds is 3. The Kier molecular flexibility index (Phi) is 3.09. The SMILES string of the molecule is CCOC(=O)c1cc(-c2ccncc2)[nH]c1N. The zero-order chi connectivity index (χ0) is 12.3. The van der Waals surface area contributed by atoms with E-state index >= 15 is 0 Å². The van der Waals surface area contributed by atoms with E-state index in [4.69, 9.17) is 10.5 Å². The van der Waals surface area contributed by atoms with Crippen LogP contribution in [0.25, 0.3) is 11.3 Å². The zero-order valence-corrected chi connectivity index (χ0v) is 9.43. The molecule has 0 aliphatic carbocycles. The highest BCUT2D eigenvalue weighted by atomic mass is 16.5. The summed E-state index contributed by atoms with van der Waals surface area (Å²) in [6, 6.07) is 5.35. The molecule has 0 aliphatic heterocycles. The minimum absolute atomic E-state index is 0.315. The number of ether oxygens (including phenoxy) is 1. The second kappa shape index (κ2) is 4.69. The summed E-state index contributed by atoms with van der Waals surface area (Å²) in [6.45, 7) is 2.08. The molecule has 5 heteroatoms. The minimum atomic E-state index is -0.415. The van der Waals surface area contributed by atoms with Crippen LogP contribution in [0.5, 0.6) is 0 Å². The fourth-order valence-corrected chi connectivity index (χ4v) is 1.54. The van der Waals surface area contributed by atoms with Crippen molar-refractivity contribution in [3.05, 3.63) is 36.2 Å². The van der Waals surface area contributed by atoms with Crippen molar-refractivity contribution < 1.29 is 9.53 Å². The predicted octanol–water partition coefficient (Wildman–Crippen LogP) is 1.84. The molecule has 0 saturated carbocycles. The number of aromatic nitrogens is 2. The third-order valence-corrected chi connectivity index (χ3v) is 2.33. The molecule has 2 aromatic heterocycles. The Morgan fingerprint density at radius 1 is 1.47 bits per heavy atom. The van der Waals surface area contributed by atoms with E-state index in [2.05, 4.69) is 9.97 Å². The van der Waals surface area contributed by atoms with Crippen LogP contribution in [0.2, 0.25) is 0 Å². The van der Waals surface area contributed by atoms with E-state index < -0.39 is 5.97 Å². The molecule has 0 spiro atoms. The Balaban J connectivity index is 2.34. The number of aromatic amines is 1. The van der Waals surface area contributed by atoms with E-state index in [1.807, 2.05) is 12.1 Å². The first-order valence-electron chi connectivity index (χ1n) is 5.28. The second-order valence-corrected chi connectivity index (χ2v) is 3.47. The van der Waals surface area contributed by atoms with Gasteiger partial charge in [-0.3, -0.25) is 4.98 Å². The van der Waals surface area contributed by atoms with Gasteiger partial charge < -0.3 is 15.5 Å². The second-order valence-electron chi connectivity index (χ2n) is 3.47. The van der Waals surface area contributed by atoms with Gasteiger partial charge in [-0.1, -0.05) is 0 Å². The summed E-state index contributed by atoms with van der Waals surface area (Å²) in [5.74, 6) is -0.100. The minimum Gasteiger partial charge on any atom is -0.462 e. The summed E-state index contributed by atoms with van der Waals surface area (Å²) < 4.78 is 4.91. The van der Waals surface area contributed by atoms with Crippen molar-refractivity contribution in [3.8, 4) is 11.3 Å². The van der Waals surface area contributed by atoms with Crippen LogP contribution < -0.4 is 5.73 Å². The van der Waals surface area contributed by atoms with Crippen LogP contribution in [0.4, 0.5) is 5.82 Å². The fourth-order valence-electron chi connectivity index (χ4n) is 1.54. The number of nitrogen functional groups attached to an aromatic ring is 1. The number of pyridine rings is 1. The average Bonchev–Trinajstić information content (AvgIpc) is 2.73. The Labute approximate surface area is 98.6 Å². The van der Waals surface area contributed by atoms with Crippen LogP contribution in [0.15, 0.2) is 30.6 Å². The van der Waals surface area contributed by atoms with Crippen LogP contribution in [0.3, 0.4) is 0 Å². The first-order valence-corrected chi connectivity index (χ1v) is 5.28. The molecule has 3 N–H and O–H groups in total. The van der Waals surface area contributed by atoms with E-state index in [0.29, 0.717) is 18.0 Å². The van der Waals surface area contributed by atoms with Crippen molar-refractivity contribution in [1.29, 1.82) is 0 Å². The maximum absolute atomic E-state index is 11.6. The number of esters is 1. The molecule has 2 heterocycles. The van der Waals surface area contributed by atoms with E-state index in [1.165, 1.54) is 0 Å². The van der Waals surface area contributed by atoms with Crippen molar-refractivity contribution in [2.24, 2.45) is 0 Å². The van der Waals surface area contributed by atoms with Gasteiger partial charge in [0.05, 0.1) is 6.61 Å². The van der Waals surface area contributed by atoms with Gasteiger partial charge in [-0.05, 0) is 25.1 Å². The lowest BCUT2D eigenvalue weighted by Gasteiger charge is -1.98. The highest BCUT2D eigenvalue weighted by Crippen LogP contribution is 2.23. The standard InChI is InChI=1S/C12H13N3O2/c1-2-17-12(16)9-7-10(15-11(9)13)8-3-5-14-6-4-8/h3-7,15H,2,13H2,1H3. The highest BCUT2D eigenvalue weighted by Gasteiger charge is 2.15. The van der Waals surface area contributed by atoms with E-state index in [0.717, 1.165) is 11.3 Å². The fraction of sp³-hybridized carbons (Fsp3) is 0.167. The molecule has 0 aliphatic rings. The van der Waals surface area contributed by atoms with Crippen LogP contribution in [0.1, 0.15) is 17.3 Å². The highest BCUT2D eigenvalue weighted by molar-refractivity contribution is 5.96. The van der Waals surface area contributed by atoms with Crippen LogP contribution in [0, 0.1) is 0 Å². The van der Waals surface area contributed by atoms with Gasteiger partial charge in [0.25, 0.3) is 0 Å². The lowest BCUT2D eigenvalue weighted by atomic mass is 10.2. The zero-order valence-electron chi connectivity index (χ0n) is 9.43. The lowest BCUT2D eigenvalue weighted by Crippen LogP contribution is -2.05. The molecular formula is C12H13N3O2. The number of nitrogens with one attached hydrogen (secondary N) is 1. The van der Waals surface area contributed by atoms with E-state index in [-0.39, 0.29) is 0 Å². The maximum Gasteiger partial charge on any atom is 0.341 e. The molecule has 17 heavy (non-hydrogen) atoms. The van der Waals surface area contributed by atoms with Crippen molar-refractivity contribution in [2.45, 2.75) is 6.92 Å². The van der Waals surface area contributed by atoms with Gasteiger partial charge in [-0.15, -0.1) is 0 Å². The number of hydrogen-bond acceptors (Lipinski definition) is 4. The topological polar surface area (TPSA) is 81.0 Å². The van der Waals surface area contributed by atoms with Gasteiger partial charge in [-0.25, -0.2) is 4.79 Å². The van der Waals surface area contributed by atoms with E-state index in [9.17, 15) is 4.79 Å². The number of nitrogens with zero attached hydrogens (tertiary/aromatic N) is 1. The Bertz CT molecular complexity index is 520. The van der Waals surface area contributed by atoms with E-state index in [1.54, 1.807) is 25.4 Å². The number of anilines is 1. The van der Waals surface area contributed by atoms with Crippen molar-refractivity contribution >= 4 is 11.8 Å². The smallest absolute Gasteiger partial charge is 0.341 e. The lowest BCUT2D eigenvalue weighted by molar-refractivity contribution is 0.0528. The van der Waals surface area contributed by atoms with Gasteiger partial charge in [0.15, 0.2) is 0 Å². The first kappa shape index (κ1) is 11.2. The normalized spacial score (nSPS) is 10.2. The molecular weight excluding hydrogens is 218 g/mol. The van der Waals surface area contributed by atoms with Crippen LogP contribution >= 0.6 is 0 Å². The molecule has 2 rings (SSSR count).